The fourth-order valence-electron chi connectivity index (χ4n) is 1.38. The molecule has 0 aliphatic carbocycles. The molecule has 2 rings (SSSR count). The van der Waals surface area contributed by atoms with Gasteiger partial charge >= 0.3 is 0 Å². The van der Waals surface area contributed by atoms with Gasteiger partial charge in [-0.05, 0) is 28.9 Å². The maximum atomic E-state index is 6.02. The molecule has 0 radical (unpaired) electrons. The Bertz CT molecular complexity index is 511. The summed E-state index contributed by atoms with van der Waals surface area (Å²) in [4.78, 5) is 4.38. The Kier molecular flexibility index (Phi) is 2.37. The van der Waals surface area contributed by atoms with Crippen molar-refractivity contribution in [2.45, 2.75) is 6.92 Å². The summed E-state index contributed by atoms with van der Waals surface area (Å²) in [5.41, 5.74) is 8.24. The zero-order valence-electron chi connectivity index (χ0n) is 7.51. The van der Waals surface area contributed by atoms with Gasteiger partial charge in [0, 0.05) is 5.39 Å². The van der Waals surface area contributed by atoms with Gasteiger partial charge in [0.1, 0.15) is 0 Å². The Morgan fingerprint density at radius 3 is 2.86 bits per heavy atom. The van der Waals surface area contributed by atoms with Crippen molar-refractivity contribution in [3.8, 4) is 0 Å². The zero-order chi connectivity index (χ0) is 10.3. The molecule has 0 saturated heterocycles. The van der Waals surface area contributed by atoms with Gasteiger partial charge in [-0.1, -0.05) is 23.7 Å². The molecule has 0 saturated carbocycles. The molecule has 2 N–H and O–H groups in total. The van der Waals surface area contributed by atoms with E-state index >= 15 is 0 Å². The number of para-hydroxylation sites is 1. The highest BCUT2D eigenvalue weighted by molar-refractivity contribution is 9.10. The molecule has 0 amide bonds. The summed E-state index contributed by atoms with van der Waals surface area (Å²) in [6, 6.07) is 5.59. The highest BCUT2D eigenvalue weighted by Crippen LogP contribution is 2.32. The molecule has 1 aromatic heterocycles. The number of nitrogens with two attached hydrogens (primary N) is 1. The number of hydrogen-bond donors (Lipinski definition) is 1. The lowest BCUT2D eigenvalue weighted by atomic mass is 10.1. The van der Waals surface area contributed by atoms with Crippen LogP contribution in [0.3, 0.4) is 0 Å². The van der Waals surface area contributed by atoms with Crippen molar-refractivity contribution < 1.29 is 0 Å². The van der Waals surface area contributed by atoms with Gasteiger partial charge in [-0.2, -0.15) is 0 Å². The Morgan fingerprint density at radius 1 is 1.43 bits per heavy atom. The number of nitrogen functional groups attached to an aromatic ring is 1. The third-order valence-electron chi connectivity index (χ3n) is 2.11. The average Bonchev–Trinajstić information content (AvgIpc) is 2.17. The zero-order valence-corrected chi connectivity index (χ0v) is 9.85. The molecule has 2 aromatic rings. The van der Waals surface area contributed by atoms with Crippen LogP contribution in [0, 0.1) is 6.92 Å². The lowest BCUT2D eigenvalue weighted by Crippen LogP contribution is -1.95. The number of fused-ring (bicyclic) bond motifs is 1. The third-order valence-corrected chi connectivity index (χ3v) is 3.42. The Balaban J connectivity index is 2.98. The first-order chi connectivity index (χ1) is 6.61. The number of pyridine rings is 1. The largest absolute Gasteiger partial charge is 0.397 e. The SMILES string of the molecule is Cc1nc2c(Cl)cccc2c(N)c1Br. The minimum Gasteiger partial charge on any atom is -0.397 e. The number of aromatic nitrogens is 1. The van der Waals surface area contributed by atoms with Crippen LogP contribution in [-0.2, 0) is 0 Å². The van der Waals surface area contributed by atoms with Gasteiger partial charge in [0.05, 0.1) is 26.4 Å². The molecule has 0 aliphatic rings. The molecule has 0 spiro atoms. The first-order valence-corrected chi connectivity index (χ1v) is 5.28. The van der Waals surface area contributed by atoms with Crippen LogP contribution in [0.15, 0.2) is 22.7 Å². The molecule has 0 aliphatic heterocycles. The quantitative estimate of drug-likeness (QED) is 0.796. The van der Waals surface area contributed by atoms with Crippen molar-refractivity contribution in [3.63, 3.8) is 0 Å². The van der Waals surface area contributed by atoms with E-state index in [-0.39, 0.29) is 0 Å². The van der Waals surface area contributed by atoms with Crippen molar-refractivity contribution in [1.29, 1.82) is 0 Å². The van der Waals surface area contributed by atoms with E-state index in [9.17, 15) is 0 Å². The van der Waals surface area contributed by atoms with Gasteiger partial charge < -0.3 is 5.73 Å². The van der Waals surface area contributed by atoms with Gasteiger partial charge in [-0.15, -0.1) is 0 Å². The van der Waals surface area contributed by atoms with Crippen molar-refractivity contribution in [1.82, 2.24) is 4.98 Å². The van der Waals surface area contributed by atoms with E-state index in [1.54, 1.807) is 0 Å². The summed E-state index contributed by atoms with van der Waals surface area (Å²) in [6.45, 7) is 1.89. The molecule has 0 atom stereocenters. The maximum Gasteiger partial charge on any atom is 0.0912 e. The Hall–Kier alpha value is -0.800. The minimum absolute atomic E-state index is 0.629. The number of halogens is 2. The van der Waals surface area contributed by atoms with Gasteiger partial charge in [0.15, 0.2) is 0 Å². The molecule has 1 heterocycles. The fourth-order valence-corrected chi connectivity index (χ4v) is 1.90. The predicted octanol–water partition coefficient (Wildman–Crippen LogP) is 3.54. The van der Waals surface area contributed by atoms with E-state index < -0.39 is 0 Å². The maximum absolute atomic E-state index is 6.02. The number of hydrogen-bond acceptors (Lipinski definition) is 2. The molecular formula is C10H8BrClN2. The lowest BCUT2D eigenvalue weighted by Gasteiger charge is -2.07. The van der Waals surface area contributed by atoms with E-state index in [0.717, 1.165) is 21.1 Å². The van der Waals surface area contributed by atoms with Gasteiger partial charge in [0.25, 0.3) is 0 Å². The van der Waals surface area contributed by atoms with Gasteiger partial charge in [-0.25, -0.2) is 0 Å². The highest BCUT2D eigenvalue weighted by Gasteiger charge is 2.09. The first kappa shape index (κ1) is 9.74. The first-order valence-electron chi connectivity index (χ1n) is 4.11. The second kappa shape index (κ2) is 3.41. The molecule has 0 bridgehead atoms. The Morgan fingerprint density at radius 2 is 2.14 bits per heavy atom. The molecule has 2 nitrogen and oxygen atoms in total. The molecule has 1 aromatic carbocycles. The molecule has 0 fully saturated rings. The summed E-state index contributed by atoms with van der Waals surface area (Å²) in [6.07, 6.45) is 0. The number of anilines is 1. The van der Waals surface area contributed by atoms with Crippen LogP contribution in [-0.4, -0.2) is 4.98 Å². The van der Waals surface area contributed by atoms with Crippen LogP contribution in [0.1, 0.15) is 5.69 Å². The lowest BCUT2D eigenvalue weighted by molar-refractivity contribution is 1.24. The second-order valence-electron chi connectivity index (χ2n) is 3.06. The van der Waals surface area contributed by atoms with Gasteiger partial charge in [-0.3, -0.25) is 4.98 Å². The van der Waals surface area contributed by atoms with Crippen molar-refractivity contribution in [2.24, 2.45) is 0 Å². The smallest absolute Gasteiger partial charge is 0.0912 e. The summed E-state index contributed by atoms with van der Waals surface area (Å²) in [5, 5.41) is 1.51. The molecule has 72 valence electrons. The predicted molar refractivity (Wildman–Crippen MR) is 63.6 cm³/mol. The summed E-state index contributed by atoms with van der Waals surface area (Å²) in [5.74, 6) is 0. The van der Waals surface area contributed by atoms with E-state index in [4.69, 9.17) is 17.3 Å². The number of aryl methyl sites for hydroxylation is 1. The average molecular weight is 272 g/mol. The summed E-state index contributed by atoms with van der Waals surface area (Å²) >= 11 is 9.41. The van der Waals surface area contributed by atoms with Crippen LogP contribution in [0.2, 0.25) is 5.02 Å². The van der Waals surface area contributed by atoms with Gasteiger partial charge in [0.2, 0.25) is 0 Å². The van der Waals surface area contributed by atoms with Crippen LogP contribution in [0.25, 0.3) is 10.9 Å². The fraction of sp³-hybridized carbons (Fsp3) is 0.100. The number of nitrogens with zero attached hydrogens (tertiary/aromatic N) is 1. The normalized spacial score (nSPS) is 10.8. The number of benzene rings is 1. The van der Waals surface area contributed by atoms with E-state index in [1.807, 2.05) is 25.1 Å². The monoisotopic (exact) mass is 270 g/mol. The summed E-state index contributed by atoms with van der Waals surface area (Å²) < 4.78 is 0.840. The third kappa shape index (κ3) is 1.37. The highest BCUT2D eigenvalue weighted by atomic mass is 79.9. The second-order valence-corrected chi connectivity index (χ2v) is 4.26. The topological polar surface area (TPSA) is 38.9 Å². The molecule has 0 unspecified atom stereocenters. The van der Waals surface area contributed by atoms with Crippen LogP contribution >= 0.6 is 27.5 Å². The minimum atomic E-state index is 0.629. The van der Waals surface area contributed by atoms with E-state index in [2.05, 4.69) is 20.9 Å². The Labute approximate surface area is 95.2 Å². The van der Waals surface area contributed by atoms with Crippen molar-refractivity contribution in [2.75, 3.05) is 5.73 Å². The van der Waals surface area contributed by atoms with Crippen molar-refractivity contribution in [3.05, 3.63) is 33.4 Å². The van der Waals surface area contributed by atoms with Crippen LogP contribution in [0.4, 0.5) is 5.69 Å². The van der Waals surface area contributed by atoms with E-state index in [0.29, 0.717) is 10.7 Å². The molecular weight excluding hydrogens is 263 g/mol. The van der Waals surface area contributed by atoms with E-state index in [1.165, 1.54) is 0 Å². The molecule has 14 heavy (non-hydrogen) atoms. The number of rotatable bonds is 0. The summed E-state index contributed by atoms with van der Waals surface area (Å²) in [7, 11) is 0. The van der Waals surface area contributed by atoms with Crippen LogP contribution in [0.5, 0.6) is 0 Å². The van der Waals surface area contributed by atoms with Crippen LogP contribution < -0.4 is 5.73 Å². The standard InChI is InChI=1S/C10H8BrClN2/c1-5-8(11)9(13)6-3-2-4-7(12)10(6)14-5/h2-4H,1H3,(H2,13,14). The van der Waals surface area contributed by atoms with Crippen molar-refractivity contribution >= 4 is 44.1 Å². The molecule has 4 heteroatoms.